The maximum Gasteiger partial charge on any atom is 0.319 e. The summed E-state index contributed by atoms with van der Waals surface area (Å²) in [4.78, 5) is 13.2. The van der Waals surface area contributed by atoms with E-state index >= 15 is 4.39 Å². The van der Waals surface area contributed by atoms with E-state index in [9.17, 15) is 19.3 Å². The van der Waals surface area contributed by atoms with Crippen LogP contribution < -0.4 is 20.1 Å². The average Bonchev–Trinajstić information content (AvgIpc) is 3.79. The van der Waals surface area contributed by atoms with Crippen molar-refractivity contribution in [3.63, 3.8) is 0 Å². The van der Waals surface area contributed by atoms with Crippen LogP contribution in [0.4, 0.5) is 24.0 Å². The number of rotatable bonds is 6. The first-order valence-electron chi connectivity index (χ1n) is 15.6. The molecule has 2 fully saturated rings. The summed E-state index contributed by atoms with van der Waals surface area (Å²) in [6, 6.07) is 6.55. The summed E-state index contributed by atoms with van der Waals surface area (Å²) in [6.45, 7) is 1.69. The molecule has 2 saturated heterocycles. The van der Waals surface area contributed by atoms with Crippen molar-refractivity contribution in [1.82, 2.24) is 24.6 Å². The summed E-state index contributed by atoms with van der Waals surface area (Å²) in [5.41, 5.74) is 6.33. The molecule has 6 heterocycles. The van der Waals surface area contributed by atoms with E-state index in [0.717, 1.165) is 30.7 Å². The predicted octanol–water partition coefficient (Wildman–Crippen LogP) is 5.86. The Morgan fingerprint density at radius 1 is 1.20 bits per heavy atom. The van der Waals surface area contributed by atoms with Crippen molar-refractivity contribution >= 4 is 54.7 Å². The van der Waals surface area contributed by atoms with Gasteiger partial charge < -0.3 is 20.1 Å². The van der Waals surface area contributed by atoms with Gasteiger partial charge in [-0.2, -0.15) is 25.6 Å². The van der Waals surface area contributed by atoms with Crippen LogP contribution in [0, 0.1) is 34.3 Å². The van der Waals surface area contributed by atoms with Crippen molar-refractivity contribution in [2.24, 2.45) is 7.05 Å². The van der Waals surface area contributed by atoms with Crippen molar-refractivity contribution in [2.45, 2.75) is 37.5 Å². The maximum atomic E-state index is 17.2. The van der Waals surface area contributed by atoms with Crippen LogP contribution in [0.1, 0.15) is 36.1 Å². The second kappa shape index (κ2) is 11.7. The van der Waals surface area contributed by atoms with Gasteiger partial charge in [0.25, 0.3) is 0 Å². The van der Waals surface area contributed by atoms with E-state index in [1.165, 1.54) is 18.3 Å². The van der Waals surface area contributed by atoms with Crippen LogP contribution in [0.15, 0.2) is 18.3 Å². The molecule has 0 aliphatic carbocycles. The molecule has 16 heteroatoms. The van der Waals surface area contributed by atoms with Gasteiger partial charge in [0.2, 0.25) is 0 Å². The fourth-order valence-corrected chi connectivity index (χ4v) is 8.78. The molecule has 11 nitrogen and oxygen atoms in total. The molecule has 0 saturated carbocycles. The van der Waals surface area contributed by atoms with E-state index < -0.39 is 23.3 Å². The lowest BCUT2D eigenvalue weighted by Crippen LogP contribution is -2.43. The monoisotopic (exact) mass is 705 g/mol. The number of nitrogens with zero attached hydrogens (tertiary/aromatic N) is 8. The Morgan fingerprint density at radius 2 is 2.04 bits per heavy atom. The number of ether oxygens (including phenoxy) is 2. The second-order valence-corrected chi connectivity index (χ2v) is 13.9. The van der Waals surface area contributed by atoms with Crippen molar-refractivity contribution in [3.8, 4) is 35.0 Å². The molecule has 3 aromatic heterocycles. The fourth-order valence-electron chi connectivity index (χ4n) is 7.50. The molecule has 8 rings (SSSR count). The van der Waals surface area contributed by atoms with Gasteiger partial charge >= 0.3 is 6.01 Å². The van der Waals surface area contributed by atoms with Gasteiger partial charge in [0.15, 0.2) is 11.6 Å². The minimum absolute atomic E-state index is 0.00278. The average molecular weight is 706 g/mol. The van der Waals surface area contributed by atoms with Gasteiger partial charge in [-0.05, 0) is 31.0 Å². The second-order valence-electron chi connectivity index (χ2n) is 12.5. The summed E-state index contributed by atoms with van der Waals surface area (Å²) >= 11 is 7.89. The van der Waals surface area contributed by atoms with Crippen molar-refractivity contribution in [1.29, 1.82) is 10.5 Å². The lowest BCUT2D eigenvalue weighted by Gasteiger charge is -2.31. The number of fused-ring (bicyclic) bond motifs is 2. The highest BCUT2D eigenvalue weighted by molar-refractivity contribution is 7.23. The minimum Gasteiger partial charge on any atom is -0.489 e. The van der Waals surface area contributed by atoms with E-state index in [2.05, 4.69) is 21.1 Å². The molecule has 250 valence electrons. The van der Waals surface area contributed by atoms with Crippen molar-refractivity contribution in [3.05, 3.63) is 51.8 Å². The van der Waals surface area contributed by atoms with Crippen LogP contribution in [0.5, 0.6) is 11.8 Å². The topological polar surface area (TPSA) is 142 Å². The molecule has 0 spiro atoms. The Bertz CT molecular complexity index is 2280. The third-order valence-electron chi connectivity index (χ3n) is 9.80. The third kappa shape index (κ3) is 4.82. The van der Waals surface area contributed by atoms with Gasteiger partial charge in [-0.1, -0.05) is 17.7 Å². The molecular weight excluding hydrogens is 679 g/mol. The summed E-state index contributed by atoms with van der Waals surface area (Å²) in [6.07, 6.45) is 2.45. The number of hydrogen-bond donors (Lipinski definition) is 1. The van der Waals surface area contributed by atoms with Crippen LogP contribution >= 0.6 is 22.9 Å². The minimum atomic E-state index is -0.978. The quantitative estimate of drug-likeness (QED) is 0.228. The van der Waals surface area contributed by atoms with Gasteiger partial charge in [-0.15, -0.1) is 11.3 Å². The molecule has 3 aliphatic rings. The zero-order chi connectivity index (χ0) is 34.2. The number of anilines is 2. The van der Waals surface area contributed by atoms with Gasteiger partial charge in [0.1, 0.15) is 53.7 Å². The molecule has 0 amide bonds. The number of aromatic nitrogens is 4. The molecule has 2 aromatic carbocycles. The maximum absolute atomic E-state index is 17.2. The number of nitrogens with two attached hydrogens (primary N) is 1. The first-order valence-corrected chi connectivity index (χ1v) is 16.8. The standard InChI is InChI=1S/C33H27ClF3N9O2S/c1-44-21(16(10-38)12-41-44)14-45-7-8-47-28-24-27(42-32(43-31(24)45)48-15-33-5-2-6-46(33)13-17(35)9-33)26(37)23(25(28)34)18-3-4-20(36)29-22(18)19(11-39)30(40)49-29/h3-4,12,17H,2,5-9,13-15,40H2,1H3/t17-,33+/m1/s1. The number of aryl methyl sites for hydroxylation is 1. The van der Waals surface area contributed by atoms with Crippen LogP contribution in [-0.4, -0.2) is 69.2 Å². The molecule has 2 N–H and O–H groups in total. The molecule has 0 radical (unpaired) electrons. The highest BCUT2D eigenvalue weighted by Crippen LogP contribution is 2.51. The van der Waals surface area contributed by atoms with Gasteiger partial charge in [0, 0.05) is 31.0 Å². The largest absolute Gasteiger partial charge is 0.489 e. The third-order valence-corrected chi connectivity index (χ3v) is 11.2. The summed E-state index contributed by atoms with van der Waals surface area (Å²) < 4.78 is 60.8. The zero-order valence-corrected chi connectivity index (χ0v) is 27.6. The molecular formula is C33H27ClF3N9O2S. The number of thiophene rings is 1. The number of alkyl halides is 1. The first-order chi connectivity index (χ1) is 23.6. The number of nitrogen functional groups attached to an aromatic ring is 1. The van der Waals surface area contributed by atoms with Crippen LogP contribution in [0.2, 0.25) is 5.02 Å². The van der Waals surface area contributed by atoms with Crippen molar-refractivity contribution in [2.75, 3.05) is 43.5 Å². The van der Waals surface area contributed by atoms with Gasteiger partial charge in [0.05, 0.1) is 56.8 Å². The number of nitriles is 2. The van der Waals surface area contributed by atoms with E-state index in [0.29, 0.717) is 24.2 Å². The smallest absolute Gasteiger partial charge is 0.319 e. The lowest BCUT2D eigenvalue weighted by molar-refractivity contribution is 0.107. The normalized spacial score (nSPS) is 20.3. The van der Waals surface area contributed by atoms with E-state index in [-0.39, 0.29) is 91.6 Å². The van der Waals surface area contributed by atoms with Gasteiger partial charge in [-0.3, -0.25) is 9.58 Å². The SMILES string of the molecule is Cn1ncc(C#N)c1CN1CCOc2c(Cl)c(-c3ccc(F)c4sc(N)c(C#N)c34)c(F)c3nc(OC[C@@]45CCCN4C[C@H](F)C5)nc1c23. The Morgan fingerprint density at radius 3 is 2.84 bits per heavy atom. The van der Waals surface area contributed by atoms with Crippen LogP contribution in [-0.2, 0) is 13.6 Å². The van der Waals surface area contributed by atoms with Crippen LogP contribution in [0.25, 0.3) is 32.1 Å². The zero-order valence-electron chi connectivity index (χ0n) is 26.1. The lowest BCUT2D eigenvalue weighted by atomic mass is 9.95. The summed E-state index contributed by atoms with van der Waals surface area (Å²) in [5, 5.41) is 24.2. The fraction of sp³-hybridized carbons (Fsp3) is 0.364. The van der Waals surface area contributed by atoms with E-state index in [1.807, 2.05) is 11.0 Å². The Hall–Kier alpha value is -4.83. The highest BCUT2D eigenvalue weighted by atomic mass is 35.5. The Kier molecular flexibility index (Phi) is 7.48. The van der Waals surface area contributed by atoms with Gasteiger partial charge in [-0.25, -0.2) is 13.2 Å². The molecule has 0 bridgehead atoms. The first kappa shape index (κ1) is 31.4. The Labute approximate surface area is 286 Å². The van der Waals surface area contributed by atoms with E-state index in [1.54, 1.807) is 11.7 Å². The molecule has 2 atom stereocenters. The molecule has 5 aromatic rings. The summed E-state index contributed by atoms with van der Waals surface area (Å²) in [5.74, 6) is -1.14. The highest BCUT2D eigenvalue weighted by Gasteiger charge is 2.49. The van der Waals surface area contributed by atoms with Crippen LogP contribution in [0.3, 0.4) is 0 Å². The number of halogens is 4. The predicted molar refractivity (Wildman–Crippen MR) is 177 cm³/mol. The number of benzene rings is 2. The summed E-state index contributed by atoms with van der Waals surface area (Å²) in [7, 11) is 1.72. The Balaban J connectivity index is 1.34. The van der Waals surface area contributed by atoms with E-state index in [4.69, 9.17) is 31.8 Å². The molecule has 3 aliphatic heterocycles. The number of hydrogen-bond acceptors (Lipinski definition) is 11. The molecule has 0 unspecified atom stereocenters. The molecule has 49 heavy (non-hydrogen) atoms. The van der Waals surface area contributed by atoms with Crippen molar-refractivity contribution < 1.29 is 22.6 Å².